The topological polar surface area (TPSA) is 58.8 Å². The van der Waals surface area contributed by atoms with E-state index in [0.717, 1.165) is 24.4 Å². The highest BCUT2D eigenvalue weighted by atomic mass is 16.5. The van der Waals surface area contributed by atoms with E-state index in [1.165, 1.54) is 0 Å². The van der Waals surface area contributed by atoms with Crippen molar-refractivity contribution in [1.82, 2.24) is 9.80 Å². The summed E-state index contributed by atoms with van der Waals surface area (Å²) in [5.41, 5.74) is 6.65. The minimum atomic E-state index is 0.160. The smallest absolute Gasteiger partial charge is 0.236 e. The zero-order chi connectivity index (χ0) is 15.7. The Morgan fingerprint density at radius 1 is 1.29 bits per heavy atom. The molecule has 0 aliphatic heterocycles. The summed E-state index contributed by atoms with van der Waals surface area (Å²) in [5.74, 6) is 0.981. The van der Waals surface area contributed by atoms with Gasteiger partial charge in [0.25, 0.3) is 0 Å². The van der Waals surface area contributed by atoms with Crippen LogP contribution >= 0.6 is 0 Å². The molecule has 2 N–H and O–H groups in total. The lowest BCUT2D eigenvalue weighted by Gasteiger charge is -2.23. The maximum Gasteiger partial charge on any atom is 0.236 e. The number of ether oxygens (including phenoxy) is 1. The molecule has 0 aromatic heterocycles. The summed E-state index contributed by atoms with van der Waals surface area (Å²) < 4.78 is 5.69. The lowest BCUT2D eigenvalue weighted by atomic mass is 10.2. The molecule has 0 aliphatic carbocycles. The van der Waals surface area contributed by atoms with E-state index in [9.17, 15) is 4.79 Å². The highest BCUT2D eigenvalue weighted by Crippen LogP contribution is 2.12. The quantitative estimate of drug-likeness (QED) is 0.746. The minimum Gasteiger partial charge on any atom is -0.492 e. The number of nitrogens with two attached hydrogens (primary N) is 1. The largest absolute Gasteiger partial charge is 0.492 e. The molecule has 21 heavy (non-hydrogen) atoms. The lowest BCUT2D eigenvalue weighted by molar-refractivity contribution is -0.131. The first-order chi connectivity index (χ1) is 10.1. The number of carbonyl (C=O) groups is 1. The molecule has 0 aliphatic rings. The third-order valence-electron chi connectivity index (χ3n) is 3.40. The summed E-state index contributed by atoms with van der Waals surface area (Å²) in [5, 5.41) is 0. The van der Waals surface area contributed by atoms with Crippen molar-refractivity contribution in [3.8, 4) is 5.75 Å². The Morgan fingerprint density at radius 2 is 2.00 bits per heavy atom. The summed E-state index contributed by atoms with van der Waals surface area (Å²) >= 11 is 0. The standard InChI is InChI=1S/C16H27N3O2/c1-4-19(5-2)16(20)13-18(3)9-10-21-15-8-6-7-14(11-15)12-17/h6-8,11H,4-5,9-10,12-13,17H2,1-3H3. The first kappa shape index (κ1) is 17.5. The maximum absolute atomic E-state index is 12.0. The fourth-order valence-electron chi connectivity index (χ4n) is 2.07. The van der Waals surface area contributed by atoms with Gasteiger partial charge in [0.1, 0.15) is 12.4 Å². The van der Waals surface area contributed by atoms with E-state index in [1.54, 1.807) is 0 Å². The van der Waals surface area contributed by atoms with Crippen LogP contribution in [0.4, 0.5) is 0 Å². The van der Waals surface area contributed by atoms with Gasteiger partial charge in [-0.1, -0.05) is 12.1 Å². The highest BCUT2D eigenvalue weighted by molar-refractivity contribution is 5.78. The number of likely N-dealkylation sites (N-methyl/N-ethyl adjacent to an activating group) is 2. The van der Waals surface area contributed by atoms with Crippen LogP contribution in [0.15, 0.2) is 24.3 Å². The number of amides is 1. The molecule has 0 saturated heterocycles. The van der Waals surface area contributed by atoms with Gasteiger partial charge in [0.15, 0.2) is 0 Å². The van der Waals surface area contributed by atoms with Crippen LogP contribution in [0, 0.1) is 0 Å². The Kier molecular flexibility index (Phi) is 7.79. The van der Waals surface area contributed by atoms with Crippen LogP contribution < -0.4 is 10.5 Å². The molecular formula is C16H27N3O2. The van der Waals surface area contributed by atoms with Crippen LogP contribution in [0.2, 0.25) is 0 Å². The zero-order valence-electron chi connectivity index (χ0n) is 13.3. The first-order valence-electron chi connectivity index (χ1n) is 7.48. The summed E-state index contributed by atoms with van der Waals surface area (Å²) in [7, 11) is 1.93. The second-order valence-electron chi connectivity index (χ2n) is 5.00. The van der Waals surface area contributed by atoms with Crippen LogP contribution in [-0.4, -0.2) is 55.5 Å². The minimum absolute atomic E-state index is 0.160. The molecule has 0 atom stereocenters. The molecular weight excluding hydrogens is 266 g/mol. The van der Waals surface area contributed by atoms with E-state index < -0.39 is 0 Å². The molecule has 0 unspecified atom stereocenters. The average Bonchev–Trinajstić information content (AvgIpc) is 2.48. The number of hydrogen-bond donors (Lipinski definition) is 1. The van der Waals surface area contributed by atoms with Gasteiger partial charge in [-0.25, -0.2) is 0 Å². The molecule has 118 valence electrons. The molecule has 0 saturated carbocycles. The molecule has 1 aromatic carbocycles. The number of nitrogens with zero attached hydrogens (tertiary/aromatic N) is 2. The zero-order valence-corrected chi connectivity index (χ0v) is 13.3. The Labute approximate surface area is 127 Å². The number of hydrogen-bond acceptors (Lipinski definition) is 4. The SMILES string of the molecule is CCN(CC)C(=O)CN(C)CCOc1cccc(CN)c1. The predicted octanol–water partition coefficient (Wildman–Crippen LogP) is 1.32. The molecule has 0 bridgehead atoms. The Morgan fingerprint density at radius 3 is 2.62 bits per heavy atom. The van der Waals surface area contributed by atoms with E-state index in [2.05, 4.69) is 0 Å². The summed E-state index contributed by atoms with van der Waals surface area (Å²) in [6.45, 7) is 7.69. The average molecular weight is 293 g/mol. The predicted molar refractivity (Wildman–Crippen MR) is 85.3 cm³/mol. The fraction of sp³-hybridized carbons (Fsp3) is 0.562. The van der Waals surface area contributed by atoms with Crippen LogP contribution in [0.25, 0.3) is 0 Å². The van der Waals surface area contributed by atoms with Gasteiger partial charge in [0, 0.05) is 26.2 Å². The third-order valence-corrected chi connectivity index (χ3v) is 3.40. The van der Waals surface area contributed by atoms with E-state index in [1.807, 2.05) is 55.0 Å². The van der Waals surface area contributed by atoms with Gasteiger partial charge in [-0.2, -0.15) is 0 Å². The molecule has 0 spiro atoms. The summed E-state index contributed by atoms with van der Waals surface area (Å²) in [4.78, 5) is 15.8. The molecule has 1 rings (SSSR count). The summed E-state index contributed by atoms with van der Waals surface area (Å²) in [6.07, 6.45) is 0. The van der Waals surface area contributed by atoms with Gasteiger partial charge in [0.05, 0.1) is 6.54 Å². The van der Waals surface area contributed by atoms with Gasteiger partial charge in [-0.05, 0) is 38.6 Å². The van der Waals surface area contributed by atoms with E-state index in [4.69, 9.17) is 10.5 Å². The van der Waals surface area contributed by atoms with Gasteiger partial charge in [-0.15, -0.1) is 0 Å². The second-order valence-corrected chi connectivity index (χ2v) is 5.00. The van der Waals surface area contributed by atoms with Crippen molar-refractivity contribution >= 4 is 5.91 Å². The fourth-order valence-corrected chi connectivity index (χ4v) is 2.07. The van der Waals surface area contributed by atoms with Gasteiger partial charge >= 0.3 is 0 Å². The lowest BCUT2D eigenvalue weighted by Crippen LogP contribution is -2.39. The monoisotopic (exact) mass is 293 g/mol. The summed E-state index contributed by atoms with van der Waals surface area (Å²) in [6, 6.07) is 7.77. The molecule has 1 aromatic rings. The van der Waals surface area contributed by atoms with Gasteiger partial charge in [-0.3, -0.25) is 9.69 Å². The molecule has 0 fully saturated rings. The van der Waals surface area contributed by atoms with Crippen molar-refractivity contribution in [3.63, 3.8) is 0 Å². The van der Waals surface area contributed by atoms with Crippen molar-refractivity contribution in [1.29, 1.82) is 0 Å². The van der Waals surface area contributed by atoms with Gasteiger partial charge in [0.2, 0.25) is 5.91 Å². The molecule has 5 heteroatoms. The number of rotatable bonds is 9. The van der Waals surface area contributed by atoms with E-state index >= 15 is 0 Å². The third kappa shape index (κ3) is 6.14. The van der Waals surface area contributed by atoms with Crippen molar-refractivity contribution in [3.05, 3.63) is 29.8 Å². The Bertz CT molecular complexity index is 433. The molecule has 5 nitrogen and oxygen atoms in total. The Balaban J connectivity index is 2.32. The molecule has 0 heterocycles. The van der Waals surface area contributed by atoms with Crippen molar-refractivity contribution in [2.45, 2.75) is 20.4 Å². The van der Waals surface area contributed by atoms with E-state index in [-0.39, 0.29) is 5.91 Å². The maximum atomic E-state index is 12.0. The van der Waals surface area contributed by atoms with Crippen LogP contribution in [0.3, 0.4) is 0 Å². The first-order valence-corrected chi connectivity index (χ1v) is 7.48. The molecule has 0 radical (unpaired) electrons. The molecule has 1 amide bonds. The Hall–Kier alpha value is -1.59. The van der Waals surface area contributed by atoms with Crippen molar-refractivity contribution in [2.24, 2.45) is 5.73 Å². The van der Waals surface area contributed by atoms with Crippen LogP contribution in [-0.2, 0) is 11.3 Å². The van der Waals surface area contributed by atoms with E-state index in [0.29, 0.717) is 26.2 Å². The second kappa shape index (κ2) is 9.37. The van der Waals surface area contributed by atoms with Crippen LogP contribution in [0.5, 0.6) is 5.75 Å². The highest BCUT2D eigenvalue weighted by Gasteiger charge is 2.12. The van der Waals surface area contributed by atoms with Crippen molar-refractivity contribution < 1.29 is 9.53 Å². The number of carbonyl (C=O) groups excluding carboxylic acids is 1. The van der Waals surface area contributed by atoms with Crippen molar-refractivity contribution in [2.75, 3.05) is 39.8 Å². The van der Waals surface area contributed by atoms with Gasteiger partial charge < -0.3 is 15.4 Å². The number of benzene rings is 1. The van der Waals surface area contributed by atoms with Crippen LogP contribution in [0.1, 0.15) is 19.4 Å². The normalized spacial score (nSPS) is 10.7.